The number of hydrogen-bond acceptors (Lipinski definition) is 7. The number of ether oxygens (including phenoxy) is 1. The Morgan fingerprint density at radius 1 is 1.18 bits per heavy atom. The third-order valence-electron chi connectivity index (χ3n) is 4.34. The van der Waals surface area contributed by atoms with E-state index in [2.05, 4.69) is 9.71 Å². The number of non-ortho nitro benzene ring substituents is 1. The molecule has 1 aromatic heterocycles. The van der Waals surface area contributed by atoms with Crippen LogP contribution < -0.4 is 13.6 Å². The van der Waals surface area contributed by atoms with Crippen molar-refractivity contribution in [1.29, 1.82) is 0 Å². The van der Waals surface area contributed by atoms with E-state index in [0.29, 0.717) is 11.4 Å². The van der Waals surface area contributed by atoms with Crippen molar-refractivity contribution >= 4 is 26.9 Å². The van der Waals surface area contributed by atoms with Crippen molar-refractivity contribution < 1.29 is 22.3 Å². The fraction of sp³-hybridized carbons (Fsp3) is 0.167. The number of fused-ring (bicyclic) bond motifs is 2. The Bertz CT molecular complexity index is 1160. The molecule has 9 nitrogen and oxygen atoms in total. The van der Waals surface area contributed by atoms with E-state index >= 15 is 0 Å². The first-order valence-electron chi connectivity index (χ1n) is 8.35. The largest absolute Gasteiger partial charge is 0.472 e. The molecule has 10 heteroatoms. The average molecular weight is 401 g/mol. The van der Waals surface area contributed by atoms with Crippen LogP contribution in [0.1, 0.15) is 18.5 Å². The van der Waals surface area contributed by atoms with Crippen molar-refractivity contribution in [2.24, 2.45) is 0 Å². The lowest BCUT2D eigenvalue weighted by Crippen LogP contribution is -2.36. The van der Waals surface area contributed by atoms with E-state index in [0.717, 1.165) is 23.0 Å². The highest BCUT2D eigenvalue weighted by molar-refractivity contribution is 7.85. The number of nitro benzene ring substituents is 1. The maximum Gasteiger partial charge on any atom is 0.383 e. The molecule has 2 atom stereocenters. The standard InChI is InChI=1S/C18H15N3O6S/c1-11-17(15-10-12-4-2-3-5-16(12)19-18(15)26-11)20-28(24,25)27-14-8-6-13(7-9-14)21(22)23/h2-11,17,20H,1H3/t11-,17-/m1/s1. The quantitative estimate of drug-likeness (QED) is 0.515. The van der Waals surface area contributed by atoms with Gasteiger partial charge in [0.05, 0.1) is 16.5 Å². The average Bonchev–Trinajstić information content (AvgIpc) is 2.94. The van der Waals surface area contributed by atoms with Crippen LogP contribution in [0.5, 0.6) is 11.6 Å². The summed E-state index contributed by atoms with van der Waals surface area (Å²) in [5.74, 6) is 0.329. The lowest BCUT2D eigenvalue weighted by molar-refractivity contribution is -0.384. The maximum atomic E-state index is 12.5. The summed E-state index contributed by atoms with van der Waals surface area (Å²) in [7, 11) is -4.21. The molecule has 1 N–H and O–H groups in total. The second kappa shape index (κ2) is 6.73. The molecule has 0 fully saturated rings. The zero-order valence-electron chi connectivity index (χ0n) is 14.6. The molecule has 144 valence electrons. The number of hydrogen-bond donors (Lipinski definition) is 1. The summed E-state index contributed by atoms with van der Waals surface area (Å²) in [4.78, 5) is 14.5. The van der Waals surface area contributed by atoms with Gasteiger partial charge < -0.3 is 8.92 Å². The predicted octanol–water partition coefficient (Wildman–Crippen LogP) is 2.88. The molecule has 0 radical (unpaired) electrons. The van der Waals surface area contributed by atoms with Gasteiger partial charge in [0.25, 0.3) is 5.69 Å². The smallest absolute Gasteiger partial charge is 0.383 e. The molecule has 28 heavy (non-hydrogen) atoms. The normalized spacial score (nSPS) is 18.5. The number of nitro groups is 1. The van der Waals surface area contributed by atoms with Crippen LogP contribution in [0.25, 0.3) is 10.9 Å². The molecule has 4 rings (SSSR count). The molecule has 0 saturated carbocycles. The summed E-state index contributed by atoms with van der Waals surface area (Å²) in [6, 6.07) is 13.4. The molecule has 0 unspecified atom stereocenters. The van der Waals surface area contributed by atoms with Crippen LogP contribution in [0.3, 0.4) is 0 Å². The Labute approximate surface area is 160 Å². The van der Waals surface area contributed by atoms with E-state index in [9.17, 15) is 18.5 Å². The first-order valence-corrected chi connectivity index (χ1v) is 9.76. The molecular weight excluding hydrogens is 386 g/mol. The van der Waals surface area contributed by atoms with Crippen molar-refractivity contribution in [2.45, 2.75) is 19.1 Å². The van der Waals surface area contributed by atoms with Crippen LogP contribution in [0, 0.1) is 10.1 Å². The van der Waals surface area contributed by atoms with E-state index in [4.69, 9.17) is 8.92 Å². The van der Waals surface area contributed by atoms with E-state index in [1.807, 2.05) is 30.3 Å². The monoisotopic (exact) mass is 401 g/mol. The van der Waals surface area contributed by atoms with E-state index in [1.165, 1.54) is 12.1 Å². The van der Waals surface area contributed by atoms with Crippen molar-refractivity contribution in [3.8, 4) is 11.6 Å². The maximum absolute atomic E-state index is 12.5. The van der Waals surface area contributed by atoms with E-state index in [-0.39, 0.29) is 11.4 Å². The van der Waals surface area contributed by atoms with Crippen LogP contribution >= 0.6 is 0 Å². The lowest BCUT2D eigenvalue weighted by Gasteiger charge is -2.16. The molecular formula is C18H15N3O6S. The SMILES string of the molecule is C[C@H]1Oc2nc3ccccc3cc2[C@@H]1NS(=O)(=O)Oc1ccc([N+](=O)[O-])cc1. The summed E-state index contributed by atoms with van der Waals surface area (Å²) >= 11 is 0. The van der Waals surface area contributed by atoms with Gasteiger partial charge in [-0.1, -0.05) is 18.2 Å². The third-order valence-corrected chi connectivity index (χ3v) is 5.30. The Morgan fingerprint density at radius 2 is 1.89 bits per heavy atom. The summed E-state index contributed by atoms with van der Waals surface area (Å²) in [6.07, 6.45) is -0.491. The van der Waals surface area contributed by atoms with Crippen LogP contribution in [0.2, 0.25) is 0 Å². The molecule has 3 aromatic rings. The number of nitrogens with one attached hydrogen (secondary N) is 1. The van der Waals surface area contributed by atoms with E-state index < -0.39 is 27.4 Å². The third kappa shape index (κ3) is 3.47. The van der Waals surface area contributed by atoms with Crippen molar-refractivity contribution in [3.05, 3.63) is 70.3 Å². The molecule has 1 aliphatic heterocycles. The van der Waals surface area contributed by atoms with Gasteiger partial charge in [-0.05, 0) is 31.2 Å². The van der Waals surface area contributed by atoms with Gasteiger partial charge in [0.2, 0.25) is 5.88 Å². The number of benzene rings is 2. The number of aromatic nitrogens is 1. The van der Waals surface area contributed by atoms with Gasteiger partial charge in [-0.3, -0.25) is 10.1 Å². The zero-order chi connectivity index (χ0) is 19.9. The van der Waals surface area contributed by atoms with Gasteiger partial charge in [0.15, 0.2) is 0 Å². The highest BCUT2D eigenvalue weighted by Gasteiger charge is 2.36. The second-order valence-corrected chi connectivity index (χ2v) is 7.59. The van der Waals surface area contributed by atoms with Crippen LogP contribution in [-0.2, 0) is 10.3 Å². The molecule has 0 aliphatic carbocycles. The Balaban J connectivity index is 1.58. The molecule has 0 bridgehead atoms. The van der Waals surface area contributed by atoms with Crippen LogP contribution in [0.4, 0.5) is 5.69 Å². The predicted molar refractivity (Wildman–Crippen MR) is 100 cm³/mol. The first kappa shape index (κ1) is 18.1. The lowest BCUT2D eigenvalue weighted by atomic mass is 10.1. The topological polar surface area (TPSA) is 121 Å². The number of para-hydroxylation sites is 1. The van der Waals surface area contributed by atoms with Gasteiger partial charge in [0, 0.05) is 23.1 Å². The van der Waals surface area contributed by atoms with E-state index in [1.54, 1.807) is 6.92 Å². The molecule has 0 amide bonds. The summed E-state index contributed by atoms with van der Waals surface area (Å²) in [5, 5.41) is 11.5. The number of nitrogens with zero attached hydrogens (tertiary/aromatic N) is 2. The molecule has 0 saturated heterocycles. The minimum Gasteiger partial charge on any atom is -0.472 e. The second-order valence-electron chi connectivity index (χ2n) is 6.28. The minimum absolute atomic E-state index is 0.0403. The number of pyridine rings is 1. The van der Waals surface area contributed by atoms with Gasteiger partial charge in [-0.2, -0.15) is 13.1 Å². The Morgan fingerprint density at radius 3 is 2.61 bits per heavy atom. The van der Waals surface area contributed by atoms with Gasteiger partial charge >= 0.3 is 10.3 Å². The molecule has 2 heterocycles. The summed E-state index contributed by atoms with van der Waals surface area (Å²) in [5.41, 5.74) is 1.20. The van der Waals surface area contributed by atoms with Gasteiger partial charge in [-0.25, -0.2) is 4.98 Å². The van der Waals surface area contributed by atoms with Crippen LogP contribution in [0.15, 0.2) is 54.6 Å². The Kier molecular flexibility index (Phi) is 4.36. The molecule has 0 spiro atoms. The van der Waals surface area contributed by atoms with Crippen molar-refractivity contribution in [2.75, 3.05) is 0 Å². The Hall–Kier alpha value is -3.24. The first-order chi connectivity index (χ1) is 13.3. The van der Waals surface area contributed by atoms with Crippen molar-refractivity contribution in [3.63, 3.8) is 0 Å². The highest BCUT2D eigenvalue weighted by atomic mass is 32.2. The summed E-state index contributed by atoms with van der Waals surface area (Å²) in [6.45, 7) is 1.73. The zero-order valence-corrected chi connectivity index (χ0v) is 15.4. The fourth-order valence-electron chi connectivity index (χ4n) is 3.02. The van der Waals surface area contributed by atoms with Gasteiger partial charge in [-0.15, -0.1) is 0 Å². The summed E-state index contributed by atoms with van der Waals surface area (Å²) < 4.78 is 38.1. The van der Waals surface area contributed by atoms with Gasteiger partial charge in [0.1, 0.15) is 11.9 Å². The fourth-order valence-corrected chi connectivity index (χ4v) is 4.06. The van der Waals surface area contributed by atoms with Crippen LogP contribution in [-0.4, -0.2) is 24.4 Å². The molecule has 1 aliphatic rings. The highest BCUT2D eigenvalue weighted by Crippen LogP contribution is 2.37. The minimum atomic E-state index is -4.21. The molecule has 2 aromatic carbocycles. The van der Waals surface area contributed by atoms with Crippen molar-refractivity contribution in [1.82, 2.24) is 9.71 Å². The number of rotatable bonds is 5.